The lowest BCUT2D eigenvalue weighted by atomic mass is 9.98. The number of nitrogens with one attached hydrogen (secondary N) is 3. The van der Waals surface area contributed by atoms with Gasteiger partial charge >= 0.3 is 0 Å². The molecule has 21 heteroatoms. The minimum absolute atomic E-state index is 0.145. The summed E-state index contributed by atoms with van der Waals surface area (Å²) in [5, 5.41) is 80.3. The minimum atomic E-state index is -1.17. The average Bonchev–Trinajstić information content (AvgIpc) is 3.20. The molecule has 1 aliphatic rings. The molecule has 3 amide bonds. The van der Waals surface area contributed by atoms with Crippen molar-refractivity contribution in [1.82, 2.24) is 16.3 Å². The van der Waals surface area contributed by atoms with E-state index in [1.807, 2.05) is 0 Å². The number of amides is 3. The summed E-state index contributed by atoms with van der Waals surface area (Å²) in [6.45, 7) is -1.34. The molecule has 5 atom stereocenters. The monoisotopic (exact) mass is 812 g/mol. The molecule has 1 fully saturated rings. The number of phenolic OH excluding ortho intramolecular Hbond substituents is 6. The zero-order chi connectivity index (χ0) is 42.0. The highest BCUT2D eigenvalue weighted by Gasteiger charge is 2.48. The Morgan fingerprint density at radius 2 is 0.966 bits per heavy atom. The van der Waals surface area contributed by atoms with Gasteiger partial charge in [-0.2, -0.15) is 15.3 Å². The molecule has 4 rings (SSSR count). The number of benzene rings is 3. The van der Waals surface area contributed by atoms with Gasteiger partial charge in [0, 0.05) is 23.8 Å². The molecule has 0 aliphatic carbocycles. The van der Waals surface area contributed by atoms with Gasteiger partial charge in [-0.3, -0.25) is 14.4 Å². The summed E-state index contributed by atoms with van der Waals surface area (Å²) >= 11 is 0. The summed E-state index contributed by atoms with van der Waals surface area (Å²) in [6.07, 6.45) is -2.97. The highest BCUT2D eigenvalue weighted by atomic mass is 16.7. The SMILES string of the molecule is CO[C@H]1O[C@H](CO)[C@@H](OCCC(=O)NN=Cc2cccc(O)c2O)[C@H](OCCC(=O)NN=Cc2cccc(O)c2O)[C@H]1OCCC(=O)NN=Cc1cccc(O)c1O. The maximum absolute atomic E-state index is 12.6. The first-order chi connectivity index (χ1) is 27.9. The van der Waals surface area contributed by atoms with E-state index in [1.54, 1.807) is 0 Å². The second kappa shape index (κ2) is 22.4. The lowest BCUT2D eigenvalue weighted by Crippen LogP contribution is -2.62. The molecule has 0 unspecified atom stereocenters. The zero-order valence-corrected chi connectivity index (χ0v) is 31.0. The Bertz CT molecular complexity index is 1850. The van der Waals surface area contributed by atoms with E-state index in [9.17, 15) is 50.1 Å². The van der Waals surface area contributed by atoms with E-state index in [0.29, 0.717) is 0 Å². The molecule has 1 aliphatic heterocycles. The van der Waals surface area contributed by atoms with Crippen LogP contribution in [0.4, 0.5) is 0 Å². The normalized spacial score (nSPS) is 19.4. The summed E-state index contributed by atoms with van der Waals surface area (Å²) in [5.41, 5.74) is 7.27. The smallest absolute Gasteiger partial charge is 0.242 e. The quantitative estimate of drug-likeness (QED) is 0.0419. The van der Waals surface area contributed by atoms with Crippen LogP contribution in [0.15, 0.2) is 69.9 Å². The first kappa shape index (κ1) is 44.4. The molecular weight excluding hydrogens is 768 g/mol. The van der Waals surface area contributed by atoms with Crippen LogP contribution >= 0.6 is 0 Å². The van der Waals surface area contributed by atoms with Crippen LogP contribution in [0, 0.1) is 0 Å². The number of carbonyl (C=O) groups is 3. The van der Waals surface area contributed by atoms with Crippen LogP contribution in [-0.4, -0.2) is 136 Å². The van der Waals surface area contributed by atoms with E-state index < -0.39 is 72.3 Å². The number of phenols is 6. The van der Waals surface area contributed by atoms with Gasteiger partial charge in [-0.05, 0) is 36.4 Å². The fourth-order valence-electron chi connectivity index (χ4n) is 5.29. The maximum atomic E-state index is 12.6. The van der Waals surface area contributed by atoms with Crippen molar-refractivity contribution in [3.8, 4) is 34.5 Å². The number of hydrogen-bond acceptors (Lipinski definition) is 18. The predicted molar refractivity (Wildman–Crippen MR) is 202 cm³/mol. The van der Waals surface area contributed by atoms with E-state index >= 15 is 0 Å². The van der Waals surface area contributed by atoms with E-state index in [0.717, 1.165) is 18.6 Å². The minimum Gasteiger partial charge on any atom is -0.504 e. The van der Waals surface area contributed by atoms with Gasteiger partial charge in [0.15, 0.2) is 40.8 Å². The molecule has 1 saturated heterocycles. The number of ether oxygens (including phenoxy) is 5. The number of rotatable bonds is 20. The second-order valence-electron chi connectivity index (χ2n) is 12.2. The van der Waals surface area contributed by atoms with Crippen LogP contribution in [0.1, 0.15) is 36.0 Å². The fourth-order valence-corrected chi connectivity index (χ4v) is 5.29. The van der Waals surface area contributed by atoms with E-state index in [2.05, 4.69) is 31.6 Å². The number of methoxy groups -OCH3 is 1. The Morgan fingerprint density at radius 3 is 1.33 bits per heavy atom. The fraction of sp³-hybridized carbons (Fsp3) is 0.351. The van der Waals surface area contributed by atoms with Crippen LogP contribution in [-0.2, 0) is 38.1 Å². The van der Waals surface area contributed by atoms with Crippen LogP contribution < -0.4 is 16.3 Å². The van der Waals surface area contributed by atoms with E-state index in [1.165, 1.54) is 61.7 Å². The molecule has 58 heavy (non-hydrogen) atoms. The molecule has 0 aromatic heterocycles. The third kappa shape index (κ3) is 12.8. The highest BCUT2D eigenvalue weighted by molar-refractivity contribution is 5.87. The number of aliphatic hydroxyl groups excluding tert-OH is 1. The van der Waals surface area contributed by atoms with Gasteiger partial charge < -0.3 is 59.4 Å². The lowest BCUT2D eigenvalue weighted by Gasteiger charge is -2.45. The van der Waals surface area contributed by atoms with Gasteiger partial charge in [0.25, 0.3) is 0 Å². The van der Waals surface area contributed by atoms with Crippen LogP contribution in [0.2, 0.25) is 0 Å². The topological polar surface area (TPSA) is 312 Å². The van der Waals surface area contributed by atoms with E-state index in [-0.39, 0.29) is 73.0 Å². The molecule has 3 aromatic rings. The maximum Gasteiger partial charge on any atom is 0.242 e. The predicted octanol–water partition coefficient (Wildman–Crippen LogP) is 0.360. The molecule has 1 heterocycles. The van der Waals surface area contributed by atoms with Crippen molar-refractivity contribution < 1.29 is 73.8 Å². The zero-order valence-electron chi connectivity index (χ0n) is 31.0. The van der Waals surface area contributed by atoms with Crippen molar-refractivity contribution in [2.75, 3.05) is 33.5 Å². The van der Waals surface area contributed by atoms with Gasteiger partial charge in [0.2, 0.25) is 17.7 Å². The summed E-state index contributed by atoms with van der Waals surface area (Å²) in [7, 11) is 1.31. The number of aliphatic hydroxyl groups is 1. The Kier molecular flexibility index (Phi) is 17.1. The lowest BCUT2D eigenvalue weighted by molar-refractivity contribution is -0.316. The van der Waals surface area contributed by atoms with Gasteiger partial charge in [-0.25, -0.2) is 16.3 Å². The molecule has 0 spiro atoms. The van der Waals surface area contributed by atoms with Crippen molar-refractivity contribution in [3.05, 3.63) is 71.3 Å². The molecule has 0 bridgehead atoms. The third-order valence-corrected chi connectivity index (χ3v) is 8.24. The van der Waals surface area contributed by atoms with E-state index in [4.69, 9.17) is 23.7 Å². The largest absolute Gasteiger partial charge is 0.504 e. The molecule has 312 valence electrons. The highest BCUT2D eigenvalue weighted by Crippen LogP contribution is 2.30. The van der Waals surface area contributed by atoms with Crippen molar-refractivity contribution in [2.24, 2.45) is 15.3 Å². The Balaban J connectivity index is 1.40. The third-order valence-electron chi connectivity index (χ3n) is 8.24. The van der Waals surface area contributed by atoms with Crippen LogP contribution in [0.3, 0.4) is 0 Å². The van der Waals surface area contributed by atoms with Crippen molar-refractivity contribution in [2.45, 2.75) is 50.0 Å². The van der Waals surface area contributed by atoms with Gasteiger partial charge in [0.1, 0.15) is 24.4 Å². The Morgan fingerprint density at radius 1 is 0.603 bits per heavy atom. The molecule has 0 radical (unpaired) electrons. The summed E-state index contributed by atoms with van der Waals surface area (Å²) in [6, 6.07) is 12.6. The Labute approximate surface area is 330 Å². The summed E-state index contributed by atoms with van der Waals surface area (Å²) in [4.78, 5) is 37.7. The van der Waals surface area contributed by atoms with Gasteiger partial charge in [-0.1, -0.05) is 18.2 Å². The number of para-hydroxylation sites is 3. The number of aromatic hydroxyl groups is 6. The number of nitrogens with zero attached hydrogens (tertiary/aromatic N) is 3. The van der Waals surface area contributed by atoms with Crippen molar-refractivity contribution in [3.63, 3.8) is 0 Å². The van der Waals surface area contributed by atoms with Gasteiger partial charge in [0.05, 0.1) is 64.3 Å². The standard InChI is InChI=1S/C37H44N6O15/c1-54-37-36(57-16-13-30(50)43-40-19-23-7-4-10-26(47)33(23)53)35(56-15-12-29(49)42-39-18-22-6-3-9-25(46)32(22)52)34(27(20-44)58-37)55-14-11-28(48)41-38-17-21-5-2-8-24(45)31(21)51/h2-10,17-19,27,34-37,44-47,51-53H,11-16,20H2,1H3,(H,41,48)(H,42,49)(H,43,50)/t27-,34-,35+,36-,37+/m1/s1. The molecule has 0 saturated carbocycles. The molecule has 3 aromatic carbocycles. The van der Waals surface area contributed by atoms with Crippen LogP contribution in [0.25, 0.3) is 0 Å². The summed E-state index contributed by atoms with van der Waals surface area (Å²) in [5.74, 6) is -4.17. The number of hydrogen-bond donors (Lipinski definition) is 10. The van der Waals surface area contributed by atoms with Gasteiger partial charge in [-0.15, -0.1) is 0 Å². The molecule has 10 N–H and O–H groups in total. The molecule has 21 nitrogen and oxygen atoms in total. The first-order valence-electron chi connectivity index (χ1n) is 17.6. The van der Waals surface area contributed by atoms with Crippen molar-refractivity contribution in [1.29, 1.82) is 0 Å². The van der Waals surface area contributed by atoms with Crippen molar-refractivity contribution >= 4 is 36.4 Å². The second-order valence-corrected chi connectivity index (χ2v) is 12.2. The average molecular weight is 813 g/mol. The summed E-state index contributed by atoms with van der Waals surface area (Å²) < 4.78 is 29.4. The van der Waals surface area contributed by atoms with Crippen LogP contribution in [0.5, 0.6) is 34.5 Å². The molecular formula is C37H44N6O15. The first-order valence-corrected chi connectivity index (χ1v) is 17.6. The Hall–Kier alpha value is -6.36. The number of carbonyl (C=O) groups excluding carboxylic acids is 3. The number of hydrazone groups is 3.